The van der Waals surface area contributed by atoms with Crippen LogP contribution in [0.3, 0.4) is 0 Å². The van der Waals surface area contributed by atoms with Gasteiger partial charge in [-0.3, -0.25) is 9.97 Å². The van der Waals surface area contributed by atoms with Gasteiger partial charge in [-0.15, -0.1) is 0 Å². The first-order chi connectivity index (χ1) is 10.6. The molecule has 1 aromatic heterocycles. The Morgan fingerprint density at radius 1 is 1.14 bits per heavy atom. The molecule has 0 fully saturated rings. The lowest BCUT2D eigenvalue weighted by Gasteiger charge is -2.08. The highest BCUT2D eigenvalue weighted by Crippen LogP contribution is 2.23. The maximum Gasteiger partial charge on any atom is 0.126 e. The Labute approximate surface area is 131 Å². The van der Waals surface area contributed by atoms with Gasteiger partial charge in [-0.25, -0.2) is 0 Å². The van der Waals surface area contributed by atoms with Gasteiger partial charge in [0, 0.05) is 11.8 Å². The van der Waals surface area contributed by atoms with Crippen molar-refractivity contribution >= 4 is 0 Å². The molecule has 0 aliphatic carbocycles. The SMILES string of the molecule is C=C/C=C\C=C(/C)Oc1ccc(-c2ncc(C)nc2C)cc1. The lowest BCUT2D eigenvalue weighted by molar-refractivity contribution is 0.428. The third kappa shape index (κ3) is 4.16. The number of ether oxygens (including phenoxy) is 1. The van der Waals surface area contributed by atoms with Crippen molar-refractivity contribution < 1.29 is 4.74 Å². The van der Waals surface area contributed by atoms with Crippen LogP contribution in [0, 0.1) is 13.8 Å². The smallest absolute Gasteiger partial charge is 0.126 e. The van der Waals surface area contributed by atoms with E-state index in [1.165, 1.54) is 0 Å². The monoisotopic (exact) mass is 292 g/mol. The summed E-state index contributed by atoms with van der Waals surface area (Å²) in [6.07, 6.45) is 9.15. The van der Waals surface area contributed by atoms with Gasteiger partial charge in [0.1, 0.15) is 11.5 Å². The molecule has 22 heavy (non-hydrogen) atoms. The van der Waals surface area contributed by atoms with Gasteiger partial charge in [-0.1, -0.05) is 24.8 Å². The van der Waals surface area contributed by atoms with Gasteiger partial charge in [0.25, 0.3) is 0 Å². The number of hydrogen-bond donors (Lipinski definition) is 0. The minimum absolute atomic E-state index is 0.794. The van der Waals surface area contributed by atoms with Crippen molar-refractivity contribution in [3.8, 4) is 17.0 Å². The zero-order valence-corrected chi connectivity index (χ0v) is 13.2. The number of benzene rings is 1. The molecule has 0 radical (unpaired) electrons. The molecule has 1 aromatic carbocycles. The van der Waals surface area contributed by atoms with E-state index in [0.717, 1.165) is 34.2 Å². The Balaban J connectivity index is 2.15. The van der Waals surface area contributed by atoms with Crippen molar-refractivity contribution in [2.24, 2.45) is 0 Å². The normalized spacial score (nSPS) is 11.7. The summed E-state index contributed by atoms with van der Waals surface area (Å²) < 4.78 is 5.74. The molecule has 0 aliphatic heterocycles. The zero-order valence-electron chi connectivity index (χ0n) is 13.2. The van der Waals surface area contributed by atoms with E-state index < -0.39 is 0 Å². The Morgan fingerprint density at radius 2 is 1.86 bits per heavy atom. The molecule has 0 unspecified atom stereocenters. The summed E-state index contributed by atoms with van der Waals surface area (Å²) in [4.78, 5) is 8.90. The fourth-order valence-electron chi connectivity index (χ4n) is 2.05. The fourth-order valence-corrected chi connectivity index (χ4v) is 2.05. The van der Waals surface area contributed by atoms with E-state index in [2.05, 4.69) is 16.5 Å². The average molecular weight is 292 g/mol. The first kappa shape index (κ1) is 15.7. The number of aryl methyl sites for hydroxylation is 2. The molecule has 0 spiro atoms. The van der Waals surface area contributed by atoms with Crippen molar-refractivity contribution in [1.82, 2.24) is 9.97 Å². The molecule has 0 N–H and O–H groups in total. The third-order valence-electron chi connectivity index (χ3n) is 3.05. The quantitative estimate of drug-likeness (QED) is 0.587. The van der Waals surface area contributed by atoms with Crippen molar-refractivity contribution in [3.05, 3.63) is 78.5 Å². The molecule has 0 aliphatic rings. The molecule has 3 nitrogen and oxygen atoms in total. The topological polar surface area (TPSA) is 35.0 Å². The van der Waals surface area contributed by atoms with Crippen molar-refractivity contribution in [1.29, 1.82) is 0 Å². The summed E-state index contributed by atoms with van der Waals surface area (Å²) in [5.41, 5.74) is 3.79. The van der Waals surface area contributed by atoms with Crippen LogP contribution < -0.4 is 4.74 Å². The Hall–Kier alpha value is -2.68. The van der Waals surface area contributed by atoms with Crippen LogP contribution in [0.2, 0.25) is 0 Å². The van der Waals surface area contributed by atoms with E-state index in [-0.39, 0.29) is 0 Å². The first-order valence-corrected chi connectivity index (χ1v) is 7.14. The van der Waals surface area contributed by atoms with Crippen LogP contribution in [0.4, 0.5) is 0 Å². The Bertz CT molecular complexity index is 713. The fraction of sp³-hybridized carbons (Fsp3) is 0.158. The minimum atomic E-state index is 0.794. The minimum Gasteiger partial charge on any atom is -0.462 e. The third-order valence-corrected chi connectivity index (χ3v) is 3.05. The average Bonchev–Trinajstić information content (AvgIpc) is 2.49. The standard InChI is InChI=1S/C19H20N2O/c1-5-6-7-8-15(3)22-18-11-9-17(10-12-18)19-16(4)21-14(2)13-20-19/h5-13H,1H2,2-4H3/b7-6-,15-8+. The summed E-state index contributed by atoms with van der Waals surface area (Å²) in [6.45, 7) is 9.45. The molecule has 0 bridgehead atoms. The highest BCUT2D eigenvalue weighted by molar-refractivity contribution is 5.62. The highest BCUT2D eigenvalue weighted by Gasteiger charge is 2.05. The van der Waals surface area contributed by atoms with Gasteiger partial charge in [0.2, 0.25) is 0 Å². The van der Waals surface area contributed by atoms with Crippen molar-refractivity contribution in [3.63, 3.8) is 0 Å². The molecule has 1 heterocycles. The molecular weight excluding hydrogens is 272 g/mol. The van der Waals surface area contributed by atoms with E-state index in [1.807, 2.05) is 63.3 Å². The van der Waals surface area contributed by atoms with E-state index >= 15 is 0 Å². The van der Waals surface area contributed by atoms with Gasteiger partial charge in [-0.05, 0) is 51.1 Å². The van der Waals surface area contributed by atoms with Crippen LogP contribution in [-0.4, -0.2) is 9.97 Å². The first-order valence-electron chi connectivity index (χ1n) is 7.14. The second-order valence-electron chi connectivity index (χ2n) is 4.97. The van der Waals surface area contributed by atoms with E-state index in [0.29, 0.717) is 0 Å². The lowest BCUT2D eigenvalue weighted by Crippen LogP contribution is -1.95. The van der Waals surface area contributed by atoms with Gasteiger partial charge in [0.05, 0.1) is 17.1 Å². The molecule has 0 atom stereocenters. The summed E-state index contributed by atoms with van der Waals surface area (Å²) in [5.74, 6) is 1.61. The highest BCUT2D eigenvalue weighted by atomic mass is 16.5. The van der Waals surface area contributed by atoms with Crippen LogP contribution in [0.25, 0.3) is 11.3 Å². The molecule has 0 saturated heterocycles. The second kappa shape index (κ2) is 7.36. The Kier molecular flexibility index (Phi) is 5.26. The maximum absolute atomic E-state index is 5.74. The summed E-state index contributed by atoms with van der Waals surface area (Å²) in [6, 6.07) is 7.86. The molecule has 112 valence electrons. The van der Waals surface area contributed by atoms with E-state index in [4.69, 9.17) is 4.74 Å². The Morgan fingerprint density at radius 3 is 2.50 bits per heavy atom. The van der Waals surface area contributed by atoms with Gasteiger partial charge in [-0.2, -0.15) is 0 Å². The predicted octanol–water partition coefficient (Wildman–Crippen LogP) is 4.79. The van der Waals surface area contributed by atoms with Crippen molar-refractivity contribution in [2.75, 3.05) is 0 Å². The maximum atomic E-state index is 5.74. The molecule has 2 rings (SSSR count). The zero-order chi connectivity index (χ0) is 15.9. The lowest BCUT2D eigenvalue weighted by atomic mass is 10.1. The van der Waals surface area contributed by atoms with Crippen LogP contribution in [-0.2, 0) is 0 Å². The molecule has 0 saturated carbocycles. The largest absolute Gasteiger partial charge is 0.462 e. The van der Waals surface area contributed by atoms with Crippen LogP contribution in [0.1, 0.15) is 18.3 Å². The van der Waals surface area contributed by atoms with E-state index in [9.17, 15) is 0 Å². The summed E-state index contributed by atoms with van der Waals surface area (Å²) in [7, 11) is 0. The number of rotatable bonds is 5. The van der Waals surface area contributed by atoms with Crippen LogP contribution in [0.15, 0.2) is 67.1 Å². The summed E-state index contributed by atoms with van der Waals surface area (Å²) >= 11 is 0. The molecule has 0 amide bonds. The molecule has 2 aromatic rings. The number of hydrogen-bond acceptors (Lipinski definition) is 3. The van der Waals surface area contributed by atoms with Crippen molar-refractivity contribution in [2.45, 2.75) is 20.8 Å². The second-order valence-corrected chi connectivity index (χ2v) is 4.97. The number of aromatic nitrogens is 2. The predicted molar refractivity (Wildman–Crippen MR) is 90.7 cm³/mol. The molecule has 3 heteroatoms. The van der Waals surface area contributed by atoms with Gasteiger partial charge in [0.15, 0.2) is 0 Å². The number of allylic oxidation sites excluding steroid dienone is 5. The van der Waals surface area contributed by atoms with Gasteiger partial charge >= 0.3 is 0 Å². The summed E-state index contributed by atoms with van der Waals surface area (Å²) in [5, 5.41) is 0. The van der Waals surface area contributed by atoms with E-state index in [1.54, 1.807) is 12.3 Å². The number of nitrogens with zero attached hydrogens (tertiary/aromatic N) is 2. The van der Waals surface area contributed by atoms with Crippen LogP contribution in [0.5, 0.6) is 5.75 Å². The van der Waals surface area contributed by atoms with Gasteiger partial charge < -0.3 is 4.74 Å². The molecular formula is C19H20N2O. The van der Waals surface area contributed by atoms with Crippen LogP contribution >= 0.6 is 0 Å².